The van der Waals surface area contributed by atoms with Crippen LogP contribution in [-0.4, -0.2) is 17.5 Å². The van der Waals surface area contributed by atoms with Crippen LogP contribution in [0.25, 0.3) is 11.3 Å². The van der Waals surface area contributed by atoms with Crippen molar-refractivity contribution in [1.82, 2.24) is 4.98 Å². The molecule has 0 atom stereocenters. The number of carbonyl (C=O) groups excluding carboxylic acids is 1. The molecular formula is C20H18BrClN2O2S. The standard InChI is InChI=1S/C20H18BrClN2O2S/c1-3-13-7-8-17(16(21)9-13)26-11-18(25)23-20-24-19(12(2)27-20)14-5-4-6-15(22)10-14/h4-10H,3,11H2,1-2H3,(H,23,24,25). The van der Waals surface area contributed by atoms with Crippen molar-refractivity contribution >= 4 is 49.9 Å². The molecule has 3 aromatic rings. The number of nitrogens with one attached hydrogen (secondary N) is 1. The van der Waals surface area contributed by atoms with Crippen LogP contribution in [0.4, 0.5) is 5.13 Å². The van der Waals surface area contributed by atoms with Gasteiger partial charge in [-0.05, 0) is 59.1 Å². The zero-order chi connectivity index (χ0) is 19.4. The predicted molar refractivity (Wildman–Crippen MR) is 115 cm³/mol. The molecule has 1 N–H and O–H groups in total. The predicted octanol–water partition coefficient (Wildman–Crippen LogP) is 6.11. The second-order valence-electron chi connectivity index (χ2n) is 5.89. The van der Waals surface area contributed by atoms with Crippen LogP contribution < -0.4 is 10.1 Å². The number of halogens is 2. The van der Waals surface area contributed by atoms with Crippen molar-refractivity contribution in [2.45, 2.75) is 20.3 Å². The number of benzene rings is 2. The normalized spacial score (nSPS) is 10.7. The molecule has 140 valence electrons. The highest BCUT2D eigenvalue weighted by atomic mass is 79.9. The first-order valence-corrected chi connectivity index (χ1v) is 10.4. The molecule has 1 heterocycles. The summed E-state index contributed by atoms with van der Waals surface area (Å²) in [5, 5.41) is 3.98. The van der Waals surface area contributed by atoms with E-state index in [9.17, 15) is 4.79 Å². The molecule has 0 spiro atoms. The van der Waals surface area contributed by atoms with Crippen LogP contribution in [0.5, 0.6) is 5.75 Å². The minimum Gasteiger partial charge on any atom is -0.483 e. The van der Waals surface area contributed by atoms with Crippen molar-refractivity contribution < 1.29 is 9.53 Å². The number of amides is 1. The van der Waals surface area contributed by atoms with E-state index < -0.39 is 0 Å². The number of carbonyl (C=O) groups is 1. The summed E-state index contributed by atoms with van der Waals surface area (Å²) in [6, 6.07) is 13.3. The maximum Gasteiger partial charge on any atom is 0.264 e. The summed E-state index contributed by atoms with van der Waals surface area (Å²) >= 11 is 10.9. The van der Waals surface area contributed by atoms with E-state index in [0.717, 1.165) is 27.0 Å². The highest BCUT2D eigenvalue weighted by Gasteiger charge is 2.13. The van der Waals surface area contributed by atoms with E-state index in [-0.39, 0.29) is 12.5 Å². The van der Waals surface area contributed by atoms with Crippen molar-refractivity contribution in [1.29, 1.82) is 0 Å². The number of aryl methyl sites for hydroxylation is 2. The average molecular weight is 466 g/mol. The Balaban J connectivity index is 1.64. The minimum atomic E-state index is -0.257. The Morgan fingerprint density at radius 2 is 2.11 bits per heavy atom. The number of thiazole rings is 1. The summed E-state index contributed by atoms with van der Waals surface area (Å²) in [7, 11) is 0. The first-order valence-electron chi connectivity index (χ1n) is 8.40. The lowest BCUT2D eigenvalue weighted by atomic mass is 10.1. The van der Waals surface area contributed by atoms with Crippen molar-refractivity contribution in [3.63, 3.8) is 0 Å². The van der Waals surface area contributed by atoms with Gasteiger partial charge in [0.05, 0.1) is 10.2 Å². The number of nitrogens with zero attached hydrogens (tertiary/aromatic N) is 1. The highest BCUT2D eigenvalue weighted by molar-refractivity contribution is 9.10. The fourth-order valence-corrected chi connectivity index (χ4v) is 4.12. The van der Waals surface area contributed by atoms with E-state index in [0.29, 0.717) is 15.9 Å². The Morgan fingerprint density at radius 1 is 1.30 bits per heavy atom. The first kappa shape index (κ1) is 19.9. The molecule has 0 aliphatic rings. The SMILES string of the molecule is CCc1ccc(OCC(=O)Nc2nc(-c3cccc(Cl)c3)c(C)s2)c(Br)c1. The summed E-state index contributed by atoms with van der Waals surface area (Å²) in [5.41, 5.74) is 2.94. The Hall–Kier alpha value is -1.89. The molecule has 1 aromatic heterocycles. The number of hydrogen-bond acceptors (Lipinski definition) is 4. The lowest BCUT2D eigenvalue weighted by Crippen LogP contribution is -2.20. The summed E-state index contributed by atoms with van der Waals surface area (Å²) in [6.45, 7) is 3.96. The third-order valence-corrected chi connectivity index (χ3v) is 5.65. The van der Waals surface area contributed by atoms with Gasteiger partial charge in [-0.25, -0.2) is 4.98 Å². The monoisotopic (exact) mass is 464 g/mol. The van der Waals surface area contributed by atoms with Gasteiger partial charge in [0.25, 0.3) is 5.91 Å². The number of ether oxygens (including phenoxy) is 1. The molecule has 0 fully saturated rings. The maximum absolute atomic E-state index is 12.2. The van der Waals surface area contributed by atoms with Gasteiger partial charge >= 0.3 is 0 Å². The molecule has 0 radical (unpaired) electrons. The van der Waals surface area contributed by atoms with E-state index >= 15 is 0 Å². The van der Waals surface area contributed by atoms with Gasteiger partial charge in [-0.2, -0.15) is 0 Å². The largest absolute Gasteiger partial charge is 0.483 e. The third kappa shape index (κ3) is 5.09. The number of hydrogen-bond donors (Lipinski definition) is 1. The van der Waals surface area contributed by atoms with Gasteiger partial charge < -0.3 is 4.74 Å². The van der Waals surface area contributed by atoms with Crippen LogP contribution in [0.2, 0.25) is 5.02 Å². The van der Waals surface area contributed by atoms with Gasteiger partial charge in [-0.15, -0.1) is 11.3 Å². The molecular weight excluding hydrogens is 448 g/mol. The Morgan fingerprint density at radius 3 is 2.81 bits per heavy atom. The van der Waals surface area contributed by atoms with Crippen LogP contribution in [-0.2, 0) is 11.2 Å². The molecule has 4 nitrogen and oxygen atoms in total. The van der Waals surface area contributed by atoms with Crippen molar-refractivity contribution in [2.75, 3.05) is 11.9 Å². The fourth-order valence-electron chi connectivity index (χ4n) is 2.53. The second-order valence-corrected chi connectivity index (χ2v) is 8.38. The van der Waals surface area contributed by atoms with E-state index in [1.54, 1.807) is 0 Å². The molecule has 1 amide bonds. The third-order valence-electron chi connectivity index (χ3n) is 3.90. The molecule has 0 aliphatic carbocycles. The van der Waals surface area contributed by atoms with Crippen LogP contribution in [0.1, 0.15) is 17.4 Å². The molecule has 27 heavy (non-hydrogen) atoms. The summed E-state index contributed by atoms with van der Waals surface area (Å²) in [4.78, 5) is 17.8. The fraction of sp³-hybridized carbons (Fsp3) is 0.200. The first-order chi connectivity index (χ1) is 13.0. The molecule has 0 saturated carbocycles. The number of aromatic nitrogens is 1. The number of anilines is 1. The molecule has 0 saturated heterocycles. The zero-order valence-corrected chi connectivity index (χ0v) is 18.0. The van der Waals surface area contributed by atoms with E-state index in [4.69, 9.17) is 16.3 Å². The minimum absolute atomic E-state index is 0.0881. The van der Waals surface area contributed by atoms with E-state index in [1.165, 1.54) is 16.9 Å². The van der Waals surface area contributed by atoms with Gasteiger partial charge in [0, 0.05) is 15.5 Å². The summed E-state index contributed by atoms with van der Waals surface area (Å²) < 4.78 is 6.44. The quantitative estimate of drug-likeness (QED) is 0.477. The van der Waals surface area contributed by atoms with Crippen LogP contribution in [0.15, 0.2) is 46.9 Å². The lowest BCUT2D eigenvalue weighted by Gasteiger charge is -2.09. The van der Waals surface area contributed by atoms with Crippen molar-refractivity contribution in [3.05, 3.63) is 62.4 Å². The smallest absolute Gasteiger partial charge is 0.264 e. The van der Waals surface area contributed by atoms with Gasteiger partial charge in [0.1, 0.15) is 5.75 Å². The molecule has 0 unspecified atom stereocenters. The van der Waals surface area contributed by atoms with Crippen molar-refractivity contribution in [3.8, 4) is 17.0 Å². The Labute approximate surface area is 175 Å². The van der Waals surface area contributed by atoms with Gasteiger partial charge in [-0.3, -0.25) is 10.1 Å². The maximum atomic E-state index is 12.2. The highest BCUT2D eigenvalue weighted by Crippen LogP contribution is 2.31. The van der Waals surface area contributed by atoms with E-state index in [2.05, 4.69) is 33.2 Å². The molecule has 7 heteroatoms. The van der Waals surface area contributed by atoms with Crippen LogP contribution in [0.3, 0.4) is 0 Å². The number of rotatable bonds is 6. The van der Waals surface area contributed by atoms with Crippen molar-refractivity contribution in [2.24, 2.45) is 0 Å². The van der Waals surface area contributed by atoms with Gasteiger partial charge in [0.15, 0.2) is 11.7 Å². The Bertz CT molecular complexity index is 974. The molecule has 3 rings (SSSR count). The van der Waals surface area contributed by atoms with E-state index in [1.807, 2.05) is 49.4 Å². The van der Waals surface area contributed by atoms with Crippen LogP contribution >= 0.6 is 38.9 Å². The topological polar surface area (TPSA) is 51.2 Å². The summed E-state index contributed by atoms with van der Waals surface area (Å²) in [5.74, 6) is 0.380. The van der Waals surface area contributed by atoms with Gasteiger partial charge in [-0.1, -0.05) is 36.7 Å². The molecule has 0 bridgehead atoms. The zero-order valence-electron chi connectivity index (χ0n) is 14.9. The molecule has 0 aliphatic heterocycles. The van der Waals surface area contributed by atoms with Crippen LogP contribution in [0, 0.1) is 6.92 Å². The Kier molecular flexibility index (Phi) is 6.52. The second kappa shape index (κ2) is 8.87. The summed E-state index contributed by atoms with van der Waals surface area (Å²) in [6.07, 6.45) is 0.942. The molecule has 2 aromatic carbocycles. The lowest BCUT2D eigenvalue weighted by molar-refractivity contribution is -0.118. The van der Waals surface area contributed by atoms with Gasteiger partial charge in [0.2, 0.25) is 0 Å². The average Bonchev–Trinajstić information content (AvgIpc) is 3.00.